The van der Waals surface area contributed by atoms with Crippen molar-refractivity contribution in [3.8, 4) is 11.1 Å². The molecular formula is C16H23N3. The molecule has 3 nitrogen and oxygen atoms in total. The molecule has 1 aromatic carbocycles. The molecule has 1 atom stereocenters. The van der Waals surface area contributed by atoms with Crippen LogP contribution in [0.5, 0.6) is 0 Å². The highest BCUT2D eigenvalue weighted by molar-refractivity contribution is 5.66. The van der Waals surface area contributed by atoms with E-state index in [0.717, 1.165) is 11.3 Å². The van der Waals surface area contributed by atoms with Crippen LogP contribution in [0.1, 0.15) is 45.0 Å². The minimum Gasteiger partial charge on any atom is -0.324 e. The Morgan fingerprint density at radius 2 is 1.74 bits per heavy atom. The van der Waals surface area contributed by atoms with E-state index in [4.69, 9.17) is 5.73 Å². The van der Waals surface area contributed by atoms with Gasteiger partial charge in [0.1, 0.15) is 0 Å². The molecule has 1 aromatic heterocycles. The second-order valence-corrected chi connectivity index (χ2v) is 6.23. The van der Waals surface area contributed by atoms with Crippen LogP contribution in [-0.2, 0) is 12.5 Å². The van der Waals surface area contributed by atoms with Crippen molar-refractivity contribution in [2.45, 2.75) is 39.2 Å². The van der Waals surface area contributed by atoms with Crippen LogP contribution in [0.3, 0.4) is 0 Å². The Morgan fingerprint density at radius 3 is 2.21 bits per heavy atom. The second-order valence-electron chi connectivity index (χ2n) is 6.23. The Bertz CT molecular complexity index is 557. The SMILES string of the molecule is CC(N)c1ccc(-c2cn(C)nc2C(C)(C)C)cc1. The van der Waals surface area contributed by atoms with E-state index in [2.05, 4.69) is 56.3 Å². The van der Waals surface area contributed by atoms with E-state index in [9.17, 15) is 0 Å². The molecule has 0 saturated heterocycles. The van der Waals surface area contributed by atoms with E-state index in [1.54, 1.807) is 0 Å². The molecule has 0 bridgehead atoms. The molecule has 3 heteroatoms. The molecule has 0 saturated carbocycles. The molecule has 0 amide bonds. The lowest BCUT2D eigenvalue weighted by Crippen LogP contribution is -2.13. The number of nitrogens with two attached hydrogens (primary N) is 1. The fraction of sp³-hybridized carbons (Fsp3) is 0.438. The van der Waals surface area contributed by atoms with Gasteiger partial charge in [0.2, 0.25) is 0 Å². The van der Waals surface area contributed by atoms with Gasteiger partial charge in [-0.15, -0.1) is 0 Å². The normalized spacial score (nSPS) is 13.6. The van der Waals surface area contributed by atoms with Crippen LogP contribution in [-0.4, -0.2) is 9.78 Å². The Morgan fingerprint density at radius 1 is 1.16 bits per heavy atom. The summed E-state index contributed by atoms with van der Waals surface area (Å²) in [4.78, 5) is 0. The molecule has 2 rings (SSSR count). The van der Waals surface area contributed by atoms with Gasteiger partial charge in [-0.05, 0) is 18.1 Å². The maximum absolute atomic E-state index is 5.89. The predicted octanol–water partition coefficient (Wildman–Crippen LogP) is 3.40. The highest BCUT2D eigenvalue weighted by atomic mass is 15.3. The fourth-order valence-corrected chi connectivity index (χ4v) is 2.22. The quantitative estimate of drug-likeness (QED) is 0.896. The maximum Gasteiger partial charge on any atom is 0.0756 e. The first-order chi connectivity index (χ1) is 8.79. The van der Waals surface area contributed by atoms with Crippen LogP contribution >= 0.6 is 0 Å². The summed E-state index contributed by atoms with van der Waals surface area (Å²) in [5, 5.41) is 4.61. The topological polar surface area (TPSA) is 43.8 Å². The molecule has 0 fully saturated rings. The standard InChI is InChI=1S/C16H23N3/c1-11(17)12-6-8-13(9-7-12)14-10-19(5)18-15(14)16(2,3)4/h6-11H,17H2,1-5H3. The maximum atomic E-state index is 5.89. The van der Waals surface area contributed by atoms with Crippen molar-refractivity contribution in [1.29, 1.82) is 0 Å². The Hall–Kier alpha value is -1.61. The van der Waals surface area contributed by atoms with Crippen LogP contribution < -0.4 is 5.73 Å². The summed E-state index contributed by atoms with van der Waals surface area (Å²) in [6, 6.07) is 8.53. The number of nitrogens with zero attached hydrogens (tertiary/aromatic N) is 2. The van der Waals surface area contributed by atoms with Crippen LogP contribution in [0.15, 0.2) is 30.5 Å². The van der Waals surface area contributed by atoms with Crippen LogP contribution in [0.25, 0.3) is 11.1 Å². The zero-order valence-corrected chi connectivity index (χ0v) is 12.4. The van der Waals surface area contributed by atoms with E-state index >= 15 is 0 Å². The number of benzene rings is 1. The van der Waals surface area contributed by atoms with Crippen molar-refractivity contribution in [3.63, 3.8) is 0 Å². The Balaban J connectivity index is 2.47. The first-order valence-corrected chi connectivity index (χ1v) is 6.69. The van der Waals surface area contributed by atoms with Crippen molar-refractivity contribution >= 4 is 0 Å². The molecule has 0 aliphatic rings. The molecule has 1 heterocycles. The molecule has 0 radical (unpaired) electrons. The van der Waals surface area contributed by atoms with Gasteiger partial charge < -0.3 is 5.73 Å². The van der Waals surface area contributed by atoms with Gasteiger partial charge in [0.15, 0.2) is 0 Å². The molecule has 0 spiro atoms. The number of hydrogen-bond donors (Lipinski definition) is 1. The van der Waals surface area contributed by atoms with Gasteiger partial charge >= 0.3 is 0 Å². The van der Waals surface area contributed by atoms with E-state index in [1.807, 2.05) is 18.7 Å². The Kier molecular flexibility index (Phi) is 3.50. The molecular weight excluding hydrogens is 234 g/mol. The number of rotatable bonds is 2. The van der Waals surface area contributed by atoms with Gasteiger partial charge in [-0.3, -0.25) is 4.68 Å². The summed E-state index contributed by atoms with van der Waals surface area (Å²) in [7, 11) is 1.97. The third kappa shape index (κ3) is 2.87. The van der Waals surface area contributed by atoms with Gasteiger partial charge in [-0.2, -0.15) is 5.10 Å². The smallest absolute Gasteiger partial charge is 0.0756 e. The van der Waals surface area contributed by atoms with Gasteiger partial charge in [0.05, 0.1) is 5.69 Å². The summed E-state index contributed by atoms with van der Waals surface area (Å²) in [5.41, 5.74) is 10.6. The summed E-state index contributed by atoms with van der Waals surface area (Å²) in [6.07, 6.45) is 2.08. The lowest BCUT2D eigenvalue weighted by Gasteiger charge is -2.17. The molecule has 0 aliphatic carbocycles. The second kappa shape index (κ2) is 4.82. The first-order valence-electron chi connectivity index (χ1n) is 6.69. The van der Waals surface area contributed by atoms with E-state index < -0.39 is 0 Å². The first kappa shape index (κ1) is 13.8. The third-order valence-corrected chi connectivity index (χ3v) is 3.29. The van der Waals surface area contributed by atoms with Gasteiger partial charge in [0, 0.05) is 30.3 Å². The van der Waals surface area contributed by atoms with Crippen molar-refractivity contribution in [3.05, 3.63) is 41.7 Å². The lowest BCUT2D eigenvalue weighted by atomic mass is 9.87. The lowest BCUT2D eigenvalue weighted by molar-refractivity contribution is 0.554. The molecule has 0 aliphatic heterocycles. The Labute approximate surface area is 115 Å². The summed E-state index contributed by atoms with van der Waals surface area (Å²) in [5.74, 6) is 0. The minimum atomic E-state index is 0.0381. The summed E-state index contributed by atoms with van der Waals surface area (Å²) in [6.45, 7) is 8.57. The highest BCUT2D eigenvalue weighted by Crippen LogP contribution is 2.32. The van der Waals surface area contributed by atoms with Crippen LogP contribution in [0.2, 0.25) is 0 Å². The molecule has 19 heavy (non-hydrogen) atoms. The molecule has 102 valence electrons. The summed E-state index contributed by atoms with van der Waals surface area (Å²) >= 11 is 0. The highest BCUT2D eigenvalue weighted by Gasteiger charge is 2.22. The molecule has 1 unspecified atom stereocenters. The predicted molar refractivity (Wildman–Crippen MR) is 79.9 cm³/mol. The van der Waals surface area contributed by atoms with Gasteiger partial charge in [0.25, 0.3) is 0 Å². The monoisotopic (exact) mass is 257 g/mol. The third-order valence-electron chi connectivity index (χ3n) is 3.29. The fourth-order valence-electron chi connectivity index (χ4n) is 2.22. The van der Waals surface area contributed by atoms with E-state index in [1.165, 1.54) is 11.1 Å². The van der Waals surface area contributed by atoms with E-state index in [0.29, 0.717) is 0 Å². The molecule has 2 aromatic rings. The number of aryl methyl sites for hydroxylation is 1. The van der Waals surface area contributed by atoms with E-state index in [-0.39, 0.29) is 11.5 Å². The average Bonchev–Trinajstić information content (AvgIpc) is 2.71. The van der Waals surface area contributed by atoms with Crippen LogP contribution in [0, 0.1) is 0 Å². The largest absolute Gasteiger partial charge is 0.324 e. The van der Waals surface area contributed by atoms with Crippen molar-refractivity contribution < 1.29 is 0 Å². The number of aromatic nitrogens is 2. The zero-order chi connectivity index (χ0) is 14.2. The van der Waals surface area contributed by atoms with Crippen molar-refractivity contribution in [2.24, 2.45) is 12.8 Å². The number of hydrogen-bond acceptors (Lipinski definition) is 2. The average molecular weight is 257 g/mol. The van der Waals surface area contributed by atoms with Crippen molar-refractivity contribution in [1.82, 2.24) is 9.78 Å². The zero-order valence-electron chi connectivity index (χ0n) is 12.4. The van der Waals surface area contributed by atoms with Crippen molar-refractivity contribution in [2.75, 3.05) is 0 Å². The summed E-state index contributed by atoms with van der Waals surface area (Å²) < 4.78 is 1.88. The minimum absolute atomic E-state index is 0.0381. The van der Waals surface area contributed by atoms with Crippen LogP contribution in [0.4, 0.5) is 0 Å². The van der Waals surface area contributed by atoms with Gasteiger partial charge in [-0.25, -0.2) is 0 Å². The van der Waals surface area contributed by atoms with Gasteiger partial charge in [-0.1, -0.05) is 45.0 Å². The molecule has 2 N–H and O–H groups in total.